The zero-order valence-corrected chi connectivity index (χ0v) is 7.98. The third kappa shape index (κ3) is 1.51. The first-order chi connectivity index (χ1) is 5.72. The van der Waals surface area contributed by atoms with Gasteiger partial charge in [0.2, 0.25) is 0 Å². The van der Waals surface area contributed by atoms with E-state index in [0.717, 1.165) is 31.1 Å². The van der Waals surface area contributed by atoms with Crippen molar-refractivity contribution in [2.24, 2.45) is 11.8 Å². The van der Waals surface area contributed by atoms with E-state index in [2.05, 4.69) is 0 Å². The van der Waals surface area contributed by atoms with Gasteiger partial charge in [-0.25, -0.2) is 4.39 Å². The van der Waals surface area contributed by atoms with Crippen molar-refractivity contribution < 1.29 is 4.39 Å². The minimum absolute atomic E-state index is 0.724. The Kier molecular flexibility index (Phi) is 2.14. The van der Waals surface area contributed by atoms with Gasteiger partial charge in [0.1, 0.15) is 5.67 Å². The highest BCUT2D eigenvalue weighted by Gasteiger charge is 2.40. The lowest BCUT2D eigenvalue weighted by atomic mass is 9.66. The molecule has 70 valence electrons. The molecule has 2 unspecified atom stereocenters. The van der Waals surface area contributed by atoms with Crippen LogP contribution < -0.4 is 0 Å². The summed E-state index contributed by atoms with van der Waals surface area (Å²) in [5.74, 6) is 1.45. The molecule has 0 aromatic rings. The van der Waals surface area contributed by atoms with Gasteiger partial charge in [-0.15, -0.1) is 0 Å². The van der Waals surface area contributed by atoms with Gasteiger partial charge in [-0.2, -0.15) is 0 Å². The molecular weight excluding hydrogens is 151 g/mol. The van der Waals surface area contributed by atoms with E-state index in [1.165, 1.54) is 25.7 Å². The van der Waals surface area contributed by atoms with E-state index in [9.17, 15) is 4.39 Å². The number of hydrogen-bond acceptors (Lipinski definition) is 0. The zero-order valence-electron chi connectivity index (χ0n) is 7.98. The number of alkyl halides is 1. The van der Waals surface area contributed by atoms with Crippen LogP contribution in [-0.2, 0) is 0 Å². The molecule has 2 aliphatic rings. The fourth-order valence-electron chi connectivity index (χ4n) is 3.18. The predicted molar refractivity (Wildman–Crippen MR) is 48.8 cm³/mol. The predicted octanol–water partition coefficient (Wildman–Crippen LogP) is 3.70. The molecule has 2 fully saturated rings. The van der Waals surface area contributed by atoms with Crippen molar-refractivity contribution in [1.82, 2.24) is 0 Å². The molecule has 2 atom stereocenters. The molecule has 0 aromatic carbocycles. The summed E-state index contributed by atoms with van der Waals surface area (Å²) in [5.41, 5.74) is -0.784. The lowest BCUT2D eigenvalue weighted by molar-refractivity contribution is 0.0156. The first-order valence-electron chi connectivity index (χ1n) is 5.41. The smallest absolute Gasteiger partial charge is 0.111 e. The number of halogens is 1. The normalized spacial score (nSPS) is 47.5. The third-order valence-electron chi connectivity index (χ3n) is 3.83. The second kappa shape index (κ2) is 3.01. The van der Waals surface area contributed by atoms with Crippen LogP contribution in [0.15, 0.2) is 0 Å². The Morgan fingerprint density at radius 2 is 1.83 bits per heavy atom. The average Bonchev–Trinajstić information content (AvgIpc) is 2.03. The minimum atomic E-state index is -0.784. The Labute approximate surface area is 74.5 Å². The summed E-state index contributed by atoms with van der Waals surface area (Å²) in [7, 11) is 0. The second-order valence-corrected chi connectivity index (χ2v) is 4.81. The highest BCUT2D eigenvalue weighted by atomic mass is 19.1. The molecule has 2 bridgehead atoms. The monoisotopic (exact) mass is 170 g/mol. The molecule has 0 aromatic heterocycles. The van der Waals surface area contributed by atoms with Gasteiger partial charge in [-0.1, -0.05) is 26.2 Å². The Balaban J connectivity index is 2.05. The molecule has 0 saturated heterocycles. The van der Waals surface area contributed by atoms with Crippen LogP contribution >= 0.6 is 0 Å². The van der Waals surface area contributed by atoms with E-state index >= 15 is 0 Å². The quantitative estimate of drug-likeness (QED) is 0.563. The van der Waals surface area contributed by atoms with E-state index in [1.54, 1.807) is 0 Å². The van der Waals surface area contributed by atoms with Crippen LogP contribution in [0.25, 0.3) is 0 Å². The van der Waals surface area contributed by atoms with E-state index < -0.39 is 5.67 Å². The average molecular weight is 170 g/mol. The molecule has 0 spiro atoms. The molecule has 2 aliphatic carbocycles. The number of rotatable bonds is 1. The van der Waals surface area contributed by atoms with Crippen molar-refractivity contribution in [1.29, 1.82) is 0 Å². The van der Waals surface area contributed by atoms with Crippen molar-refractivity contribution in [3.05, 3.63) is 0 Å². The highest BCUT2D eigenvalue weighted by molar-refractivity contribution is 4.92. The van der Waals surface area contributed by atoms with E-state index in [-0.39, 0.29) is 0 Å². The molecule has 0 radical (unpaired) electrons. The van der Waals surface area contributed by atoms with Crippen LogP contribution in [0.2, 0.25) is 0 Å². The SMILES string of the molecule is CCC1(F)CC2CCCC(C2)C1. The van der Waals surface area contributed by atoms with E-state index in [4.69, 9.17) is 0 Å². The molecule has 12 heavy (non-hydrogen) atoms. The van der Waals surface area contributed by atoms with Crippen molar-refractivity contribution >= 4 is 0 Å². The number of fused-ring (bicyclic) bond motifs is 2. The largest absolute Gasteiger partial charge is 0.244 e. The standard InChI is InChI=1S/C11H19F/c1-2-11(12)7-9-4-3-5-10(6-9)8-11/h9-10H,2-8H2,1H3. The topological polar surface area (TPSA) is 0 Å². The van der Waals surface area contributed by atoms with Crippen molar-refractivity contribution in [3.63, 3.8) is 0 Å². The first-order valence-corrected chi connectivity index (χ1v) is 5.41. The summed E-state index contributed by atoms with van der Waals surface area (Å²) in [6, 6.07) is 0. The summed E-state index contributed by atoms with van der Waals surface area (Å²) < 4.78 is 14.0. The summed E-state index contributed by atoms with van der Waals surface area (Å²) in [4.78, 5) is 0. The summed E-state index contributed by atoms with van der Waals surface area (Å²) in [5, 5.41) is 0. The summed E-state index contributed by atoms with van der Waals surface area (Å²) >= 11 is 0. The number of hydrogen-bond donors (Lipinski definition) is 0. The third-order valence-corrected chi connectivity index (χ3v) is 3.83. The second-order valence-electron chi connectivity index (χ2n) is 4.81. The molecule has 2 rings (SSSR count). The van der Waals surface area contributed by atoms with Crippen LogP contribution in [-0.4, -0.2) is 5.67 Å². The van der Waals surface area contributed by atoms with Gasteiger partial charge in [0.05, 0.1) is 0 Å². The van der Waals surface area contributed by atoms with Gasteiger partial charge in [-0.3, -0.25) is 0 Å². The maximum Gasteiger partial charge on any atom is 0.111 e. The lowest BCUT2D eigenvalue weighted by Crippen LogP contribution is -2.37. The van der Waals surface area contributed by atoms with Gasteiger partial charge in [0.15, 0.2) is 0 Å². The van der Waals surface area contributed by atoms with Crippen molar-refractivity contribution in [2.75, 3.05) is 0 Å². The summed E-state index contributed by atoms with van der Waals surface area (Å²) in [6.07, 6.45) is 7.73. The fraction of sp³-hybridized carbons (Fsp3) is 1.00. The molecule has 0 aliphatic heterocycles. The van der Waals surface area contributed by atoms with Crippen LogP contribution in [0.3, 0.4) is 0 Å². The van der Waals surface area contributed by atoms with Crippen molar-refractivity contribution in [2.45, 2.75) is 57.5 Å². The maximum atomic E-state index is 14.0. The van der Waals surface area contributed by atoms with Crippen LogP contribution in [0, 0.1) is 11.8 Å². The minimum Gasteiger partial charge on any atom is -0.244 e. The molecule has 0 amide bonds. The fourth-order valence-corrected chi connectivity index (χ4v) is 3.18. The molecule has 0 nitrogen and oxygen atoms in total. The summed E-state index contributed by atoms with van der Waals surface area (Å²) in [6.45, 7) is 2.00. The Morgan fingerprint density at radius 3 is 2.33 bits per heavy atom. The van der Waals surface area contributed by atoms with E-state index in [0.29, 0.717) is 0 Å². The molecule has 1 heteroatoms. The van der Waals surface area contributed by atoms with Crippen LogP contribution in [0.1, 0.15) is 51.9 Å². The van der Waals surface area contributed by atoms with Gasteiger partial charge in [0, 0.05) is 0 Å². The molecular formula is C11H19F. The van der Waals surface area contributed by atoms with Crippen molar-refractivity contribution in [3.8, 4) is 0 Å². The molecule has 0 N–H and O–H groups in total. The Bertz CT molecular complexity index is 152. The zero-order chi connectivity index (χ0) is 8.60. The van der Waals surface area contributed by atoms with Gasteiger partial charge in [-0.05, 0) is 37.5 Å². The molecule has 0 heterocycles. The Morgan fingerprint density at radius 1 is 1.25 bits per heavy atom. The first kappa shape index (κ1) is 8.52. The van der Waals surface area contributed by atoms with Gasteiger partial charge in [0.25, 0.3) is 0 Å². The Hall–Kier alpha value is -0.0700. The van der Waals surface area contributed by atoms with Gasteiger partial charge >= 0.3 is 0 Å². The highest BCUT2D eigenvalue weighted by Crippen LogP contribution is 2.47. The van der Waals surface area contributed by atoms with E-state index in [1.807, 2.05) is 6.92 Å². The molecule has 2 saturated carbocycles. The maximum absolute atomic E-state index is 14.0. The van der Waals surface area contributed by atoms with Crippen LogP contribution in [0.5, 0.6) is 0 Å². The van der Waals surface area contributed by atoms with Crippen LogP contribution in [0.4, 0.5) is 4.39 Å². The lowest BCUT2D eigenvalue weighted by Gasteiger charge is -2.42. The van der Waals surface area contributed by atoms with Gasteiger partial charge < -0.3 is 0 Å².